The third-order valence-electron chi connectivity index (χ3n) is 4.83. The lowest BCUT2D eigenvalue weighted by atomic mass is 9.90. The van der Waals surface area contributed by atoms with E-state index >= 15 is 0 Å². The lowest BCUT2D eigenvalue weighted by Gasteiger charge is -2.34. The minimum absolute atomic E-state index is 0.0157. The summed E-state index contributed by atoms with van der Waals surface area (Å²) in [6.45, 7) is 1.24. The average Bonchev–Trinajstić information content (AvgIpc) is 3.03. The van der Waals surface area contributed by atoms with Gasteiger partial charge in [0.05, 0.1) is 11.4 Å². The van der Waals surface area contributed by atoms with Gasteiger partial charge >= 0.3 is 0 Å². The number of hydrogen-bond acceptors (Lipinski definition) is 4. The Morgan fingerprint density at radius 3 is 2.72 bits per heavy atom. The third kappa shape index (κ3) is 3.96. The van der Waals surface area contributed by atoms with Gasteiger partial charge in [-0.1, -0.05) is 17.7 Å². The number of phenols is 1. The van der Waals surface area contributed by atoms with Crippen molar-refractivity contribution in [3.63, 3.8) is 0 Å². The van der Waals surface area contributed by atoms with Gasteiger partial charge in [-0.2, -0.15) is 0 Å². The fourth-order valence-corrected chi connectivity index (χ4v) is 3.49. The van der Waals surface area contributed by atoms with Crippen LogP contribution in [0.15, 0.2) is 30.6 Å². The highest BCUT2D eigenvalue weighted by atomic mass is 35.5. The number of likely N-dealkylation sites (tertiary alicyclic amines) is 1. The second kappa shape index (κ2) is 7.45. The van der Waals surface area contributed by atoms with Crippen molar-refractivity contribution in [2.45, 2.75) is 25.4 Å². The van der Waals surface area contributed by atoms with Gasteiger partial charge in [0.25, 0.3) is 0 Å². The topological polar surface area (TPSA) is 78.6 Å². The molecule has 3 rings (SSSR count). The van der Waals surface area contributed by atoms with Crippen LogP contribution in [-0.4, -0.2) is 43.7 Å². The van der Waals surface area contributed by atoms with Gasteiger partial charge in [-0.05, 0) is 36.5 Å². The Labute approximate surface area is 151 Å². The summed E-state index contributed by atoms with van der Waals surface area (Å²) in [6, 6.07) is 4.82. The van der Waals surface area contributed by atoms with Crippen LogP contribution in [-0.2, 0) is 18.3 Å². The normalized spacial score (nSPS) is 16.8. The van der Waals surface area contributed by atoms with E-state index in [1.165, 1.54) is 6.07 Å². The minimum atomic E-state index is -0.604. The van der Waals surface area contributed by atoms with Crippen LogP contribution >= 0.6 is 11.6 Å². The molecule has 0 unspecified atom stereocenters. The molecule has 1 aromatic carbocycles. The molecule has 6 nitrogen and oxygen atoms in total. The SMILES string of the molecule is Cn1ccnc1[C@@H](O)C1CCN(C(=O)Cc2ccc(O)c(Cl)c2)CC1. The maximum absolute atomic E-state index is 12.5. The number of aliphatic hydroxyl groups excluding tert-OH is 1. The zero-order valence-electron chi connectivity index (χ0n) is 14.1. The second-order valence-electron chi connectivity index (χ2n) is 6.52. The molecular weight excluding hydrogens is 342 g/mol. The van der Waals surface area contributed by atoms with Crippen molar-refractivity contribution in [1.29, 1.82) is 0 Å². The Balaban J connectivity index is 1.55. The Morgan fingerprint density at radius 2 is 2.12 bits per heavy atom. The number of piperidine rings is 1. The summed E-state index contributed by atoms with van der Waals surface area (Å²) < 4.78 is 1.83. The predicted octanol–water partition coefficient (Wildman–Crippen LogP) is 2.29. The highest BCUT2D eigenvalue weighted by molar-refractivity contribution is 6.32. The summed E-state index contributed by atoms with van der Waals surface area (Å²) in [7, 11) is 1.87. The van der Waals surface area contributed by atoms with E-state index in [1.807, 2.05) is 22.7 Å². The number of nitrogens with zero attached hydrogens (tertiary/aromatic N) is 3. The molecule has 7 heteroatoms. The first kappa shape index (κ1) is 17.8. The Bertz CT molecular complexity index is 754. The molecule has 1 amide bonds. The van der Waals surface area contributed by atoms with E-state index in [9.17, 15) is 15.0 Å². The fourth-order valence-electron chi connectivity index (χ4n) is 3.28. The number of amides is 1. The number of rotatable bonds is 4. The summed E-state index contributed by atoms with van der Waals surface area (Å²) in [5.41, 5.74) is 0.781. The number of aromatic hydroxyl groups is 1. The first-order chi connectivity index (χ1) is 12.0. The molecule has 2 heterocycles. The largest absolute Gasteiger partial charge is 0.506 e. The van der Waals surface area contributed by atoms with Gasteiger partial charge in [-0.15, -0.1) is 0 Å². The van der Waals surface area contributed by atoms with Crippen LogP contribution in [0.25, 0.3) is 0 Å². The summed E-state index contributed by atoms with van der Waals surface area (Å²) >= 11 is 5.89. The van der Waals surface area contributed by atoms with Gasteiger partial charge in [0.2, 0.25) is 5.91 Å². The van der Waals surface area contributed by atoms with E-state index in [2.05, 4.69) is 4.98 Å². The van der Waals surface area contributed by atoms with Gasteiger partial charge in [0.1, 0.15) is 17.7 Å². The summed E-state index contributed by atoms with van der Waals surface area (Å²) in [6.07, 6.45) is 4.65. The van der Waals surface area contributed by atoms with E-state index in [4.69, 9.17) is 11.6 Å². The number of aliphatic hydroxyl groups is 1. The van der Waals surface area contributed by atoms with Crippen LogP contribution in [0.3, 0.4) is 0 Å². The number of aromatic nitrogens is 2. The number of carbonyl (C=O) groups excluding carboxylic acids is 1. The number of benzene rings is 1. The van der Waals surface area contributed by atoms with Gasteiger partial charge in [-0.3, -0.25) is 4.79 Å². The second-order valence-corrected chi connectivity index (χ2v) is 6.93. The molecule has 0 spiro atoms. The molecule has 1 fully saturated rings. The molecule has 0 saturated carbocycles. The first-order valence-electron chi connectivity index (χ1n) is 8.36. The molecule has 0 radical (unpaired) electrons. The van der Waals surface area contributed by atoms with Crippen molar-refractivity contribution in [2.75, 3.05) is 13.1 Å². The molecule has 134 valence electrons. The summed E-state index contributed by atoms with van der Waals surface area (Å²) in [5.74, 6) is 0.824. The highest BCUT2D eigenvalue weighted by Gasteiger charge is 2.30. The van der Waals surface area contributed by atoms with Crippen LogP contribution in [0.5, 0.6) is 5.75 Å². The van der Waals surface area contributed by atoms with E-state index in [-0.39, 0.29) is 29.0 Å². The number of hydrogen-bond donors (Lipinski definition) is 2. The Hall–Kier alpha value is -2.05. The first-order valence-corrected chi connectivity index (χ1v) is 8.74. The lowest BCUT2D eigenvalue weighted by Crippen LogP contribution is -2.40. The van der Waals surface area contributed by atoms with Crippen LogP contribution in [0.2, 0.25) is 5.02 Å². The molecule has 25 heavy (non-hydrogen) atoms. The third-order valence-corrected chi connectivity index (χ3v) is 5.13. The van der Waals surface area contributed by atoms with Crippen LogP contribution in [0, 0.1) is 5.92 Å². The molecule has 1 atom stereocenters. The molecule has 0 aliphatic carbocycles. The van der Waals surface area contributed by atoms with Crippen molar-refractivity contribution in [3.05, 3.63) is 47.0 Å². The highest BCUT2D eigenvalue weighted by Crippen LogP contribution is 2.30. The Kier molecular flexibility index (Phi) is 5.30. The van der Waals surface area contributed by atoms with Gasteiger partial charge in [0, 0.05) is 32.5 Å². The Morgan fingerprint density at radius 1 is 1.40 bits per heavy atom. The van der Waals surface area contributed by atoms with Crippen molar-refractivity contribution in [2.24, 2.45) is 13.0 Å². The zero-order chi connectivity index (χ0) is 18.0. The minimum Gasteiger partial charge on any atom is -0.506 e. The van der Waals surface area contributed by atoms with E-state index in [0.717, 1.165) is 18.4 Å². The van der Waals surface area contributed by atoms with Gasteiger partial charge in [-0.25, -0.2) is 4.98 Å². The number of carbonyl (C=O) groups is 1. The smallest absolute Gasteiger partial charge is 0.226 e. The van der Waals surface area contributed by atoms with Crippen molar-refractivity contribution in [3.8, 4) is 5.75 Å². The molecular formula is C18H22ClN3O3. The van der Waals surface area contributed by atoms with Gasteiger partial charge < -0.3 is 19.7 Å². The number of imidazole rings is 1. The predicted molar refractivity (Wildman–Crippen MR) is 94.3 cm³/mol. The van der Waals surface area contributed by atoms with Crippen molar-refractivity contribution in [1.82, 2.24) is 14.5 Å². The van der Waals surface area contributed by atoms with Crippen molar-refractivity contribution < 1.29 is 15.0 Å². The molecule has 0 bridgehead atoms. The molecule has 2 aromatic rings. The monoisotopic (exact) mass is 363 g/mol. The van der Waals surface area contributed by atoms with E-state index < -0.39 is 6.10 Å². The number of phenolic OH excluding ortho intramolecular Hbond substituents is 1. The van der Waals surface area contributed by atoms with Crippen LogP contribution in [0.1, 0.15) is 30.3 Å². The molecule has 1 aromatic heterocycles. The maximum atomic E-state index is 12.5. The fraction of sp³-hybridized carbons (Fsp3) is 0.444. The molecule has 1 saturated heterocycles. The lowest BCUT2D eigenvalue weighted by molar-refractivity contribution is -0.132. The zero-order valence-corrected chi connectivity index (χ0v) is 14.9. The van der Waals surface area contributed by atoms with Crippen LogP contribution in [0.4, 0.5) is 0 Å². The standard InChI is InChI=1S/C18H22ClN3O3/c1-21-9-6-20-18(21)17(25)13-4-7-22(8-5-13)16(24)11-12-2-3-15(23)14(19)10-12/h2-3,6,9-10,13,17,23,25H,4-5,7-8,11H2,1H3/t17-/m0/s1. The summed E-state index contributed by atoms with van der Waals surface area (Å²) in [4.78, 5) is 18.5. The quantitative estimate of drug-likeness (QED) is 0.873. The average molecular weight is 364 g/mol. The van der Waals surface area contributed by atoms with E-state index in [1.54, 1.807) is 18.3 Å². The number of halogens is 1. The summed E-state index contributed by atoms with van der Waals surface area (Å²) in [5, 5.41) is 20.2. The maximum Gasteiger partial charge on any atom is 0.226 e. The number of aryl methyl sites for hydroxylation is 1. The van der Waals surface area contributed by atoms with Gasteiger partial charge in [0.15, 0.2) is 0 Å². The molecule has 2 N–H and O–H groups in total. The molecule has 1 aliphatic rings. The van der Waals surface area contributed by atoms with E-state index in [0.29, 0.717) is 18.9 Å². The van der Waals surface area contributed by atoms with Crippen molar-refractivity contribution >= 4 is 17.5 Å². The van der Waals surface area contributed by atoms with Crippen LogP contribution < -0.4 is 0 Å². The molecule has 1 aliphatic heterocycles.